The fraction of sp³-hybridized carbons (Fsp3) is 0.286. The maximum absolute atomic E-state index is 9.05. The van der Waals surface area contributed by atoms with Crippen molar-refractivity contribution in [2.75, 3.05) is 0 Å². The Labute approximate surface area is 74.3 Å². The number of nitrogens with zero attached hydrogens (tertiary/aromatic N) is 1. The molecular formula is C7H10BNO2. The Morgan fingerprint density at radius 1 is 1.55 bits per heavy atom. The van der Waals surface area contributed by atoms with Gasteiger partial charge in [0.25, 0.3) is 0 Å². The van der Waals surface area contributed by atoms with E-state index < -0.39 is 32.1 Å². The van der Waals surface area contributed by atoms with E-state index in [0.717, 1.165) is 12.3 Å². The molecule has 0 saturated heterocycles. The van der Waals surface area contributed by atoms with Gasteiger partial charge in [-0.3, -0.25) is 4.98 Å². The molecule has 0 atom stereocenters. The van der Waals surface area contributed by atoms with Crippen molar-refractivity contribution in [1.29, 1.82) is 0 Å². The number of aromatic nitrogens is 1. The second-order valence-electron chi connectivity index (χ2n) is 2.00. The Kier molecular flexibility index (Phi) is 0.894. The lowest BCUT2D eigenvalue weighted by Gasteiger charge is -2.05. The highest BCUT2D eigenvalue weighted by atomic mass is 16.4. The normalized spacial score (nSPS) is 20.2. The Bertz CT molecular complexity index is 416. The van der Waals surface area contributed by atoms with E-state index in [4.69, 9.17) is 18.3 Å². The van der Waals surface area contributed by atoms with Crippen LogP contribution >= 0.6 is 0 Å². The van der Waals surface area contributed by atoms with E-state index in [2.05, 4.69) is 4.98 Å². The van der Waals surface area contributed by atoms with Crippen LogP contribution in [0.5, 0.6) is 0 Å². The first-order valence-electron chi connectivity index (χ1n) is 5.91. The molecule has 1 heterocycles. The fourth-order valence-electron chi connectivity index (χ4n) is 0.692. The molecule has 0 aliphatic heterocycles. The minimum Gasteiger partial charge on any atom is -0.423 e. The molecule has 0 spiro atoms. The number of rotatable bonds is 1. The SMILES string of the molecule is [2H]C([2H])([2H])c1nccc(B(O)O)c1C([2H])([2H])[2H]. The molecule has 58 valence electrons. The molecule has 0 aliphatic rings. The molecule has 1 aromatic heterocycles. The van der Waals surface area contributed by atoms with E-state index in [9.17, 15) is 0 Å². The van der Waals surface area contributed by atoms with E-state index in [1.807, 2.05) is 0 Å². The summed E-state index contributed by atoms with van der Waals surface area (Å²) in [5, 5.41) is 18.1. The molecule has 1 rings (SSSR count). The minimum absolute atomic E-state index is 0.369. The lowest BCUT2D eigenvalue weighted by molar-refractivity contribution is 0.425. The van der Waals surface area contributed by atoms with Crippen LogP contribution in [0.2, 0.25) is 0 Å². The lowest BCUT2D eigenvalue weighted by atomic mass is 9.77. The van der Waals surface area contributed by atoms with Crippen LogP contribution in [0.25, 0.3) is 0 Å². The average molecular weight is 157 g/mol. The maximum Gasteiger partial charge on any atom is 0.488 e. The van der Waals surface area contributed by atoms with Gasteiger partial charge in [-0.2, -0.15) is 0 Å². The number of pyridine rings is 1. The molecule has 2 N–H and O–H groups in total. The first-order valence-corrected chi connectivity index (χ1v) is 2.91. The Balaban J connectivity index is 3.58. The summed E-state index contributed by atoms with van der Waals surface area (Å²) in [6.45, 7) is -5.51. The van der Waals surface area contributed by atoms with Crippen molar-refractivity contribution in [2.24, 2.45) is 0 Å². The molecule has 3 nitrogen and oxygen atoms in total. The summed E-state index contributed by atoms with van der Waals surface area (Å²) < 4.78 is 43.3. The molecule has 0 radical (unpaired) electrons. The van der Waals surface area contributed by atoms with Crippen LogP contribution in [0.1, 0.15) is 19.5 Å². The largest absolute Gasteiger partial charge is 0.488 e. The maximum atomic E-state index is 9.05. The molecule has 11 heavy (non-hydrogen) atoms. The molecule has 4 heteroatoms. The molecule has 0 bridgehead atoms. The highest BCUT2D eigenvalue weighted by molar-refractivity contribution is 6.59. The zero-order valence-electron chi connectivity index (χ0n) is 11.6. The van der Waals surface area contributed by atoms with E-state index in [-0.39, 0.29) is 5.46 Å². The lowest BCUT2D eigenvalue weighted by Crippen LogP contribution is -2.32. The monoisotopic (exact) mass is 157 g/mol. The van der Waals surface area contributed by atoms with Crippen molar-refractivity contribution in [1.82, 2.24) is 4.98 Å². The summed E-state index contributed by atoms with van der Waals surface area (Å²) in [7, 11) is -2.06. The van der Waals surface area contributed by atoms with Gasteiger partial charge in [0, 0.05) is 20.1 Å². The van der Waals surface area contributed by atoms with Crippen molar-refractivity contribution in [2.45, 2.75) is 13.7 Å². The Morgan fingerprint density at radius 3 is 2.91 bits per heavy atom. The highest BCUT2D eigenvalue weighted by Crippen LogP contribution is 1.98. The van der Waals surface area contributed by atoms with E-state index >= 15 is 0 Å². The van der Waals surface area contributed by atoms with E-state index in [1.54, 1.807) is 0 Å². The first-order chi connectivity index (χ1) is 7.55. The van der Waals surface area contributed by atoms with Crippen LogP contribution in [-0.4, -0.2) is 22.2 Å². The van der Waals surface area contributed by atoms with Crippen molar-refractivity contribution < 1.29 is 18.3 Å². The van der Waals surface area contributed by atoms with Crippen molar-refractivity contribution in [3.05, 3.63) is 23.5 Å². The Morgan fingerprint density at radius 2 is 2.36 bits per heavy atom. The van der Waals surface area contributed by atoms with E-state index in [1.165, 1.54) is 0 Å². The summed E-state index contributed by atoms with van der Waals surface area (Å²) in [4.78, 5) is 3.51. The quantitative estimate of drug-likeness (QED) is 0.534. The fourth-order valence-corrected chi connectivity index (χ4v) is 0.692. The van der Waals surface area contributed by atoms with Gasteiger partial charge in [0.2, 0.25) is 0 Å². The second kappa shape index (κ2) is 3.03. The zero-order valence-corrected chi connectivity index (χ0v) is 5.57. The average Bonchev–Trinajstić information content (AvgIpc) is 2.13. The van der Waals surface area contributed by atoms with E-state index in [0.29, 0.717) is 0 Å². The third-order valence-electron chi connectivity index (χ3n) is 1.26. The number of hydrogen-bond donors (Lipinski definition) is 2. The smallest absolute Gasteiger partial charge is 0.423 e. The third kappa shape index (κ3) is 1.58. The van der Waals surface area contributed by atoms with Gasteiger partial charge in [0.05, 0.1) is 0 Å². The standard InChI is InChI=1S/C7H10BNO2/c1-5-6(2)9-4-3-7(5)8(10)11/h3-4,10-11H,1-2H3/i1D3,2D3. The molecular weight excluding hydrogens is 141 g/mol. The van der Waals surface area contributed by atoms with Gasteiger partial charge in [-0.25, -0.2) is 0 Å². The zero-order chi connectivity index (χ0) is 13.4. The molecule has 0 aromatic carbocycles. The van der Waals surface area contributed by atoms with Crippen LogP contribution in [0.15, 0.2) is 12.3 Å². The van der Waals surface area contributed by atoms with Gasteiger partial charge in [-0.05, 0) is 30.8 Å². The van der Waals surface area contributed by atoms with Crippen LogP contribution < -0.4 is 5.46 Å². The van der Waals surface area contributed by atoms with Gasteiger partial charge >= 0.3 is 7.12 Å². The Hall–Kier alpha value is -0.865. The van der Waals surface area contributed by atoms with Crippen LogP contribution in [0, 0.1) is 13.7 Å². The van der Waals surface area contributed by atoms with Crippen LogP contribution in [0.3, 0.4) is 0 Å². The summed E-state index contributed by atoms with van der Waals surface area (Å²) in [5.41, 5.74) is -1.63. The van der Waals surface area contributed by atoms with Crippen LogP contribution in [-0.2, 0) is 0 Å². The van der Waals surface area contributed by atoms with Crippen LogP contribution in [0.4, 0.5) is 0 Å². The molecule has 0 amide bonds. The third-order valence-corrected chi connectivity index (χ3v) is 1.26. The topological polar surface area (TPSA) is 53.4 Å². The van der Waals surface area contributed by atoms with Crippen molar-refractivity contribution in [3.63, 3.8) is 0 Å². The van der Waals surface area contributed by atoms with Crippen molar-refractivity contribution >= 4 is 12.6 Å². The molecule has 0 unspecified atom stereocenters. The van der Waals surface area contributed by atoms with Gasteiger partial charge < -0.3 is 10.0 Å². The van der Waals surface area contributed by atoms with Gasteiger partial charge in [-0.1, -0.05) is 0 Å². The second-order valence-corrected chi connectivity index (χ2v) is 2.00. The number of aryl methyl sites for hydroxylation is 1. The predicted molar refractivity (Wildman–Crippen MR) is 43.5 cm³/mol. The summed E-state index contributed by atoms with van der Waals surface area (Å²) >= 11 is 0. The summed E-state index contributed by atoms with van der Waals surface area (Å²) in [6.07, 6.45) is 1.03. The first kappa shape index (κ1) is 3.25. The molecule has 1 aromatic rings. The summed E-state index contributed by atoms with van der Waals surface area (Å²) in [5.74, 6) is 0. The minimum atomic E-state index is -2.78. The predicted octanol–water partition coefficient (Wildman–Crippen LogP) is -0.622. The molecule has 0 saturated carbocycles. The van der Waals surface area contributed by atoms with Gasteiger partial charge in [0.15, 0.2) is 0 Å². The van der Waals surface area contributed by atoms with Gasteiger partial charge in [0.1, 0.15) is 0 Å². The summed E-state index contributed by atoms with van der Waals surface area (Å²) in [6, 6.07) is 1.07. The highest BCUT2D eigenvalue weighted by Gasteiger charge is 2.14. The van der Waals surface area contributed by atoms with Gasteiger partial charge in [-0.15, -0.1) is 0 Å². The molecule has 0 fully saturated rings. The van der Waals surface area contributed by atoms with Crippen molar-refractivity contribution in [3.8, 4) is 0 Å². The molecule has 0 aliphatic carbocycles. The number of hydrogen-bond acceptors (Lipinski definition) is 3.